The number of amides is 2. The van der Waals surface area contributed by atoms with Crippen molar-refractivity contribution >= 4 is 56.8 Å². The van der Waals surface area contributed by atoms with Gasteiger partial charge in [-0.25, -0.2) is 4.90 Å². The zero-order valence-corrected chi connectivity index (χ0v) is 18.9. The number of hydrogen-bond donors (Lipinski definition) is 1. The van der Waals surface area contributed by atoms with Crippen molar-refractivity contribution in [2.75, 3.05) is 25.7 Å². The molecule has 7 nitrogen and oxygen atoms in total. The van der Waals surface area contributed by atoms with Crippen LogP contribution in [0.5, 0.6) is 17.2 Å². The monoisotopic (exact) mass is 490 g/mol. The number of ether oxygens (including phenoxy) is 3. The number of para-hydroxylation sites is 2. The van der Waals surface area contributed by atoms with Crippen LogP contribution in [-0.2, 0) is 9.59 Å². The van der Waals surface area contributed by atoms with Gasteiger partial charge in [0.25, 0.3) is 11.8 Å². The van der Waals surface area contributed by atoms with E-state index in [9.17, 15) is 9.59 Å². The van der Waals surface area contributed by atoms with E-state index < -0.39 is 11.8 Å². The van der Waals surface area contributed by atoms with E-state index in [0.29, 0.717) is 39.6 Å². The fourth-order valence-electron chi connectivity index (χ4n) is 2.96. The first-order chi connectivity index (χ1) is 14.4. The van der Waals surface area contributed by atoms with Gasteiger partial charge in [-0.1, -0.05) is 12.1 Å². The Kier molecular flexibility index (Phi) is 6.73. The van der Waals surface area contributed by atoms with Crippen LogP contribution >= 0.6 is 28.1 Å². The summed E-state index contributed by atoms with van der Waals surface area (Å²) in [6.07, 6.45) is 1.48. The van der Waals surface area contributed by atoms with Crippen molar-refractivity contribution in [1.82, 2.24) is 5.32 Å². The highest BCUT2D eigenvalue weighted by Crippen LogP contribution is 2.38. The van der Waals surface area contributed by atoms with Crippen molar-refractivity contribution in [3.8, 4) is 17.2 Å². The highest BCUT2D eigenvalue weighted by Gasteiger charge is 2.35. The van der Waals surface area contributed by atoms with Gasteiger partial charge in [-0.15, -0.1) is 0 Å². The number of methoxy groups -OCH3 is 2. The topological polar surface area (TPSA) is 77.1 Å². The molecule has 0 radical (unpaired) electrons. The Morgan fingerprint density at radius 1 is 1.13 bits per heavy atom. The number of rotatable bonds is 6. The van der Waals surface area contributed by atoms with E-state index in [4.69, 9.17) is 26.4 Å². The number of carbonyl (C=O) groups excluding carboxylic acids is 2. The summed E-state index contributed by atoms with van der Waals surface area (Å²) >= 11 is 8.69. The van der Waals surface area contributed by atoms with Crippen LogP contribution in [0.3, 0.4) is 0 Å². The number of halogens is 1. The smallest absolute Gasteiger partial charge is 0.270 e. The Balaban J connectivity index is 2.06. The van der Waals surface area contributed by atoms with Crippen molar-refractivity contribution in [1.29, 1.82) is 0 Å². The van der Waals surface area contributed by atoms with E-state index in [1.54, 1.807) is 36.4 Å². The van der Waals surface area contributed by atoms with Gasteiger partial charge in [-0.3, -0.25) is 14.9 Å². The van der Waals surface area contributed by atoms with Crippen LogP contribution < -0.4 is 24.4 Å². The Labute approximate surface area is 187 Å². The first kappa shape index (κ1) is 21.8. The number of anilines is 1. The fourth-order valence-corrected chi connectivity index (χ4v) is 3.81. The zero-order chi connectivity index (χ0) is 21.8. The zero-order valence-electron chi connectivity index (χ0n) is 16.5. The number of carbonyl (C=O) groups is 2. The average molecular weight is 491 g/mol. The normalized spacial score (nSPS) is 15.3. The third-order valence-electron chi connectivity index (χ3n) is 4.28. The molecule has 1 fully saturated rings. The van der Waals surface area contributed by atoms with Crippen LogP contribution in [0.1, 0.15) is 12.5 Å². The molecule has 1 heterocycles. The summed E-state index contributed by atoms with van der Waals surface area (Å²) in [7, 11) is 3.01. The van der Waals surface area contributed by atoms with Crippen LogP contribution in [0, 0.1) is 0 Å². The van der Waals surface area contributed by atoms with E-state index in [0.717, 1.165) is 0 Å². The molecule has 0 aromatic heterocycles. The van der Waals surface area contributed by atoms with Crippen LogP contribution in [0.4, 0.5) is 5.69 Å². The SMILES string of the molecule is CCOc1c(Br)cc(/C=C2\C(=O)NC(=S)N(c3ccccc3OC)C2=O)cc1OC. The average Bonchev–Trinajstić information content (AvgIpc) is 2.73. The molecule has 0 spiro atoms. The number of thiocarbonyl (C=S) groups is 1. The summed E-state index contributed by atoms with van der Waals surface area (Å²) in [5, 5.41) is 2.54. The highest BCUT2D eigenvalue weighted by atomic mass is 79.9. The lowest BCUT2D eigenvalue weighted by Crippen LogP contribution is -2.54. The molecule has 2 aromatic carbocycles. The Morgan fingerprint density at radius 3 is 2.50 bits per heavy atom. The molecule has 156 valence electrons. The minimum absolute atomic E-state index is 0.0166. The van der Waals surface area contributed by atoms with E-state index >= 15 is 0 Å². The molecule has 0 saturated carbocycles. The van der Waals surface area contributed by atoms with Crippen molar-refractivity contribution in [2.45, 2.75) is 6.92 Å². The summed E-state index contributed by atoms with van der Waals surface area (Å²) in [5.74, 6) is 0.323. The number of hydrogen-bond acceptors (Lipinski definition) is 6. The summed E-state index contributed by atoms with van der Waals surface area (Å²) in [5.41, 5.74) is 0.937. The Morgan fingerprint density at radius 2 is 1.83 bits per heavy atom. The standard InChI is InChI=1S/C21H19BrN2O5S/c1-4-29-18-14(22)10-12(11-17(18)28-3)9-13-19(25)23-21(30)24(20(13)26)15-7-5-6-8-16(15)27-2/h5-11H,4H2,1-3H3,(H,23,25,30)/b13-9+. The van der Waals surface area contributed by atoms with Gasteiger partial charge >= 0.3 is 0 Å². The molecular formula is C21H19BrN2O5S. The second kappa shape index (κ2) is 9.27. The lowest BCUT2D eigenvalue weighted by Gasteiger charge is -2.29. The molecule has 0 unspecified atom stereocenters. The maximum absolute atomic E-state index is 13.2. The van der Waals surface area contributed by atoms with Gasteiger partial charge < -0.3 is 14.2 Å². The fraction of sp³-hybridized carbons (Fsp3) is 0.190. The molecule has 0 bridgehead atoms. The molecule has 30 heavy (non-hydrogen) atoms. The second-order valence-electron chi connectivity index (χ2n) is 6.10. The van der Waals surface area contributed by atoms with Gasteiger partial charge in [-0.05, 0) is 71.0 Å². The van der Waals surface area contributed by atoms with Crippen molar-refractivity contribution in [2.24, 2.45) is 0 Å². The molecular weight excluding hydrogens is 472 g/mol. The largest absolute Gasteiger partial charge is 0.495 e. The van der Waals surface area contributed by atoms with E-state index in [1.807, 2.05) is 6.92 Å². The molecule has 0 aliphatic carbocycles. The minimum Gasteiger partial charge on any atom is -0.495 e. The lowest BCUT2D eigenvalue weighted by atomic mass is 10.1. The first-order valence-electron chi connectivity index (χ1n) is 8.96. The third-order valence-corrected chi connectivity index (χ3v) is 5.15. The predicted octanol–water partition coefficient (Wildman–Crippen LogP) is 3.70. The Bertz CT molecular complexity index is 1050. The third kappa shape index (κ3) is 4.17. The predicted molar refractivity (Wildman–Crippen MR) is 121 cm³/mol. The van der Waals surface area contributed by atoms with Gasteiger partial charge in [0, 0.05) is 0 Å². The number of benzene rings is 2. The highest BCUT2D eigenvalue weighted by molar-refractivity contribution is 9.10. The molecule has 1 saturated heterocycles. The van der Waals surface area contributed by atoms with Gasteiger partial charge in [0.05, 0.1) is 31.0 Å². The van der Waals surface area contributed by atoms with Gasteiger partial charge in [-0.2, -0.15) is 0 Å². The van der Waals surface area contributed by atoms with E-state index in [-0.39, 0.29) is 10.7 Å². The van der Waals surface area contributed by atoms with Crippen molar-refractivity contribution in [3.05, 3.63) is 52.0 Å². The maximum atomic E-state index is 13.2. The molecule has 2 amide bonds. The van der Waals surface area contributed by atoms with Gasteiger partial charge in [0.1, 0.15) is 11.3 Å². The second-order valence-corrected chi connectivity index (χ2v) is 7.34. The number of nitrogens with one attached hydrogen (secondary N) is 1. The number of nitrogens with zero attached hydrogens (tertiary/aromatic N) is 1. The van der Waals surface area contributed by atoms with E-state index in [1.165, 1.54) is 25.2 Å². The first-order valence-corrected chi connectivity index (χ1v) is 10.2. The quantitative estimate of drug-likeness (QED) is 0.378. The molecule has 1 aliphatic rings. The molecule has 3 rings (SSSR count). The molecule has 0 atom stereocenters. The molecule has 9 heteroatoms. The molecule has 2 aromatic rings. The lowest BCUT2D eigenvalue weighted by molar-refractivity contribution is -0.122. The molecule has 1 N–H and O–H groups in total. The van der Waals surface area contributed by atoms with E-state index in [2.05, 4.69) is 21.2 Å². The van der Waals surface area contributed by atoms with Gasteiger partial charge in [0.15, 0.2) is 16.6 Å². The maximum Gasteiger partial charge on any atom is 0.270 e. The summed E-state index contributed by atoms with van der Waals surface area (Å²) in [4.78, 5) is 27.0. The summed E-state index contributed by atoms with van der Waals surface area (Å²) in [6, 6.07) is 10.3. The van der Waals surface area contributed by atoms with Crippen LogP contribution in [-0.4, -0.2) is 37.8 Å². The minimum atomic E-state index is -0.583. The van der Waals surface area contributed by atoms with Crippen molar-refractivity contribution in [3.63, 3.8) is 0 Å². The summed E-state index contributed by atoms with van der Waals surface area (Å²) in [6.45, 7) is 2.32. The molecule has 1 aliphatic heterocycles. The van der Waals surface area contributed by atoms with Crippen LogP contribution in [0.25, 0.3) is 6.08 Å². The van der Waals surface area contributed by atoms with Crippen LogP contribution in [0.2, 0.25) is 0 Å². The summed E-state index contributed by atoms with van der Waals surface area (Å²) < 4.78 is 16.9. The van der Waals surface area contributed by atoms with Crippen molar-refractivity contribution < 1.29 is 23.8 Å². The van der Waals surface area contributed by atoms with Crippen LogP contribution in [0.15, 0.2) is 46.4 Å². The Hall–Kier alpha value is -2.91. The van der Waals surface area contributed by atoms with Gasteiger partial charge in [0.2, 0.25) is 0 Å².